The van der Waals surface area contributed by atoms with Crippen LogP contribution in [-0.2, 0) is 11.3 Å². The van der Waals surface area contributed by atoms with E-state index >= 15 is 0 Å². The van der Waals surface area contributed by atoms with Gasteiger partial charge < -0.3 is 14.3 Å². The predicted octanol–water partition coefficient (Wildman–Crippen LogP) is 4.37. The van der Waals surface area contributed by atoms with E-state index in [0.29, 0.717) is 17.8 Å². The average Bonchev–Trinajstić information content (AvgIpc) is 2.66. The van der Waals surface area contributed by atoms with Crippen LogP contribution in [0, 0.1) is 0 Å². The van der Waals surface area contributed by atoms with Crippen LogP contribution >= 0.6 is 0 Å². The van der Waals surface area contributed by atoms with Crippen LogP contribution < -0.4 is 0 Å². The number of carboxylic acid groups (broad SMARTS) is 1. The zero-order valence-corrected chi connectivity index (χ0v) is 12.0. The molecular weight excluding hydrogens is 268 g/mol. The minimum Gasteiger partial charge on any atom is -0.475 e. The molecule has 0 aliphatic heterocycles. The Morgan fingerprint density at radius 2 is 1.90 bits per heavy atom. The highest BCUT2D eigenvalue weighted by Crippen LogP contribution is 2.28. The van der Waals surface area contributed by atoms with Crippen LogP contribution in [0.25, 0.3) is 11.0 Å². The summed E-state index contributed by atoms with van der Waals surface area (Å²) in [7, 11) is 0. The van der Waals surface area contributed by atoms with Crippen LogP contribution in [-0.4, -0.2) is 17.2 Å². The SMILES string of the molecule is O=C(O)c1oc2ccccc2c1COC1CCCCCC1. The van der Waals surface area contributed by atoms with Crippen molar-refractivity contribution in [1.29, 1.82) is 0 Å². The molecule has 2 aromatic rings. The minimum absolute atomic E-state index is 0.00446. The normalized spacial score (nSPS) is 17.0. The second kappa shape index (κ2) is 6.31. The molecule has 1 heterocycles. The zero-order chi connectivity index (χ0) is 14.7. The number of ether oxygens (including phenoxy) is 1. The van der Waals surface area contributed by atoms with Crippen LogP contribution in [0.1, 0.15) is 54.6 Å². The van der Waals surface area contributed by atoms with Crippen LogP contribution in [0.4, 0.5) is 0 Å². The fourth-order valence-corrected chi connectivity index (χ4v) is 3.02. The number of aromatic carboxylic acids is 1. The van der Waals surface area contributed by atoms with Crippen LogP contribution in [0.15, 0.2) is 28.7 Å². The summed E-state index contributed by atoms with van der Waals surface area (Å²) in [6, 6.07) is 7.40. The summed E-state index contributed by atoms with van der Waals surface area (Å²) in [5.74, 6) is -1.03. The molecule has 0 saturated heterocycles. The van der Waals surface area contributed by atoms with Crippen molar-refractivity contribution in [3.63, 3.8) is 0 Å². The Morgan fingerprint density at radius 3 is 2.62 bits per heavy atom. The Balaban J connectivity index is 1.81. The Morgan fingerprint density at radius 1 is 1.19 bits per heavy atom. The van der Waals surface area contributed by atoms with Gasteiger partial charge in [-0.25, -0.2) is 4.79 Å². The van der Waals surface area contributed by atoms with Gasteiger partial charge in [-0.3, -0.25) is 0 Å². The molecule has 4 nitrogen and oxygen atoms in total. The van der Waals surface area contributed by atoms with E-state index in [-0.39, 0.29) is 11.9 Å². The lowest BCUT2D eigenvalue weighted by Gasteiger charge is -2.15. The van der Waals surface area contributed by atoms with Crippen molar-refractivity contribution in [3.8, 4) is 0 Å². The maximum atomic E-state index is 11.3. The van der Waals surface area contributed by atoms with Crippen LogP contribution in [0.3, 0.4) is 0 Å². The average molecular weight is 288 g/mol. The summed E-state index contributed by atoms with van der Waals surface area (Å²) in [5.41, 5.74) is 1.26. The highest BCUT2D eigenvalue weighted by molar-refractivity contribution is 5.94. The summed E-state index contributed by atoms with van der Waals surface area (Å²) in [4.78, 5) is 11.3. The van der Waals surface area contributed by atoms with Gasteiger partial charge in [0.2, 0.25) is 5.76 Å². The molecule has 0 atom stereocenters. The molecule has 1 saturated carbocycles. The minimum atomic E-state index is -1.04. The molecule has 0 amide bonds. The van der Waals surface area contributed by atoms with Gasteiger partial charge in [-0.05, 0) is 18.9 Å². The highest BCUT2D eigenvalue weighted by atomic mass is 16.5. The molecule has 0 radical (unpaired) electrons. The smallest absolute Gasteiger partial charge is 0.372 e. The number of hydrogen-bond donors (Lipinski definition) is 1. The van der Waals surface area contributed by atoms with Crippen molar-refractivity contribution >= 4 is 16.9 Å². The summed E-state index contributed by atoms with van der Waals surface area (Å²) < 4.78 is 11.4. The molecule has 4 heteroatoms. The maximum absolute atomic E-state index is 11.3. The van der Waals surface area contributed by atoms with E-state index in [1.54, 1.807) is 6.07 Å². The Hall–Kier alpha value is -1.81. The van der Waals surface area contributed by atoms with Gasteiger partial charge in [-0.15, -0.1) is 0 Å². The van der Waals surface area contributed by atoms with Crippen molar-refractivity contribution in [1.82, 2.24) is 0 Å². The number of carboxylic acids is 1. The van der Waals surface area contributed by atoms with E-state index in [1.165, 1.54) is 25.7 Å². The molecule has 1 aliphatic rings. The molecule has 112 valence electrons. The first-order chi connectivity index (χ1) is 10.3. The lowest BCUT2D eigenvalue weighted by Crippen LogP contribution is -2.12. The number of benzene rings is 1. The molecule has 3 rings (SSSR count). The number of fused-ring (bicyclic) bond motifs is 1. The molecule has 0 unspecified atom stereocenters. The van der Waals surface area contributed by atoms with Gasteiger partial charge in [0.15, 0.2) is 0 Å². The Kier molecular flexibility index (Phi) is 4.25. The van der Waals surface area contributed by atoms with Gasteiger partial charge >= 0.3 is 5.97 Å². The topological polar surface area (TPSA) is 59.7 Å². The van der Waals surface area contributed by atoms with Crippen molar-refractivity contribution in [2.45, 2.75) is 51.2 Å². The van der Waals surface area contributed by atoms with Gasteiger partial charge in [0.25, 0.3) is 0 Å². The molecule has 21 heavy (non-hydrogen) atoms. The van der Waals surface area contributed by atoms with Gasteiger partial charge in [-0.2, -0.15) is 0 Å². The molecule has 0 spiro atoms. The van der Waals surface area contributed by atoms with Crippen LogP contribution in [0.5, 0.6) is 0 Å². The number of carbonyl (C=O) groups is 1. The quantitative estimate of drug-likeness (QED) is 0.849. The first kappa shape index (κ1) is 14.1. The van der Waals surface area contributed by atoms with Crippen molar-refractivity contribution < 1.29 is 19.1 Å². The Labute approximate surface area is 123 Å². The molecule has 1 N–H and O–H groups in total. The second-order valence-corrected chi connectivity index (χ2v) is 5.64. The molecule has 1 aromatic heterocycles. The second-order valence-electron chi connectivity index (χ2n) is 5.64. The van der Waals surface area contributed by atoms with Gasteiger partial charge in [0.05, 0.1) is 12.7 Å². The van der Waals surface area contributed by atoms with E-state index < -0.39 is 5.97 Å². The van der Waals surface area contributed by atoms with Gasteiger partial charge in [-0.1, -0.05) is 43.9 Å². The van der Waals surface area contributed by atoms with E-state index in [1.807, 2.05) is 18.2 Å². The monoisotopic (exact) mass is 288 g/mol. The summed E-state index contributed by atoms with van der Waals surface area (Å²) in [5, 5.41) is 10.1. The molecular formula is C17H20O4. The zero-order valence-electron chi connectivity index (χ0n) is 12.0. The van der Waals surface area contributed by atoms with E-state index in [9.17, 15) is 9.90 Å². The summed E-state index contributed by atoms with van der Waals surface area (Å²) in [6.07, 6.45) is 7.31. The third kappa shape index (κ3) is 3.10. The first-order valence-electron chi connectivity index (χ1n) is 7.61. The molecule has 1 aromatic carbocycles. The maximum Gasteiger partial charge on any atom is 0.372 e. The third-order valence-electron chi connectivity index (χ3n) is 4.16. The highest BCUT2D eigenvalue weighted by Gasteiger charge is 2.21. The van der Waals surface area contributed by atoms with E-state index in [4.69, 9.17) is 9.15 Å². The summed E-state index contributed by atoms with van der Waals surface area (Å²) >= 11 is 0. The molecule has 1 aliphatic carbocycles. The number of furan rings is 1. The van der Waals surface area contributed by atoms with Crippen molar-refractivity contribution in [3.05, 3.63) is 35.6 Å². The number of rotatable bonds is 4. The molecule has 1 fully saturated rings. The van der Waals surface area contributed by atoms with E-state index in [0.717, 1.165) is 18.2 Å². The standard InChI is InChI=1S/C17H20O4/c18-17(19)16-14(13-9-5-6-10-15(13)21-16)11-20-12-7-3-1-2-4-8-12/h5-6,9-10,12H,1-4,7-8,11H2,(H,18,19). The fourth-order valence-electron chi connectivity index (χ4n) is 3.02. The van der Waals surface area contributed by atoms with E-state index in [2.05, 4.69) is 0 Å². The lowest BCUT2D eigenvalue weighted by atomic mass is 10.1. The third-order valence-corrected chi connectivity index (χ3v) is 4.16. The van der Waals surface area contributed by atoms with Gasteiger partial charge in [0, 0.05) is 10.9 Å². The lowest BCUT2D eigenvalue weighted by molar-refractivity contribution is 0.0298. The van der Waals surface area contributed by atoms with Crippen LogP contribution in [0.2, 0.25) is 0 Å². The predicted molar refractivity (Wildman–Crippen MR) is 79.5 cm³/mol. The molecule has 0 bridgehead atoms. The Bertz CT molecular complexity index is 621. The summed E-state index contributed by atoms with van der Waals surface area (Å²) in [6.45, 7) is 0.309. The van der Waals surface area contributed by atoms with Crippen molar-refractivity contribution in [2.24, 2.45) is 0 Å². The largest absolute Gasteiger partial charge is 0.475 e. The van der Waals surface area contributed by atoms with Crippen molar-refractivity contribution in [2.75, 3.05) is 0 Å². The van der Waals surface area contributed by atoms with Gasteiger partial charge in [0.1, 0.15) is 5.58 Å². The number of para-hydroxylation sites is 1. The fraction of sp³-hybridized carbons (Fsp3) is 0.471. The number of hydrogen-bond acceptors (Lipinski definition) is 3. The first-order valence-corrected chi connectivity index (χ1v) is 7.61.